The van der Waals surface area contributed by atoms with E-state index in [1.165, 1.54) is 0 Å². The number of nitrogens with zero attached hydrogens (tertiary/aromatic N) is 3. The number of anilines is 1. The van der Waals surface area contributed by atoms with Gasteiger partial charge in [0, 0.05) is 31.4 Å². The minimum absolute atomic E-state index is 0.474. The Kier molecular flexibility index (Phi) is 4.47. The number of aryl methyl sites for hydroxylation is 1. The quantitative estimate of drug-likeness (QED) is 0.842. The fourth-order valence-electron chi connectivity index (χ4n) is 1.59. The average molecular weight is 263 g/mol. The molecule has 0 fully saturated rings. The molecule has 0 atom stereocenters. The van der Waals surface area contributed by atoms with Crippen LogP contribution in [-0.2, 0) is 13.0 Å². The number of pyridine rings is 1. The summed E-state index contributed by atoms with van der Waals surface area (Å²) in [5.41, 5.74) is 1.10. The van der Waals surface area contributed by atoms with E-state index >= 15 is 0 Å². The molecular formula is C13H15ClN4. The number of nitrogens with one attached hydrogen (secondary N) is 1. The van der Waals surface area contributed by atoms with E-state index < -0.39 is 0 Å². The molecule has 94 valence electrons. The second-order valence-corrected chi connectivity index (χ2v) is 4.34. The van der Waals surface area contributed by atoms with Crippen LogP contribution < -0.4 is 5.32 Å². The highest BCUT2D eigenvalue weighted by molar-refractivity contribution is 6.29. The monoisotopic (exact) mass is 262 g/mol. The Morgan fingerprint density at radius 3 is 2.94 bits per heavy atom. The number of halogens is 1. The van der Waals surface area contributed by atoms with Crippen molar-refractivity contribution in [1.82, 2.24) is 15.0 Å². The summed E-state index contributed by atoms with van der Waals surface area (Å²) < 4.78 is 0. The van der Waals surface area contributed by atoms with Crippen molar-refractivity contribution >= 4 is 17.4 Å². The average Bonchev–Trinajstić information content (AvgIpc) is 2.37. The molecule has 0 radical (unpaired) electrons. The summed E-state index contributed by atoms with van der Waals surface area (Å²) >= 11 is 5.96. The standard InChI is InChI=1S/C13H15ClN4/c1-2-4-12-17-11(14)7-13(18-12)16-9-10-5-3-6-15-8-10/h3,5-8H,2,4,9H2,1H3,(H,16,17,18). The first-order chi connectivity index (χ1) is 8.78. The van der Waals surface area contributed by atoms with Crippen LogP contribution >= 0.6 is 11.6 Å². The van der Waals surface area contributed by atoms with Crippen LogP contribution in [0.3, 0.4) is 0 Å². The summed E-state index contributed by atoms with van der Waals surface area (Å²) in [4.78, 5) is 12.7. The van der Waals surface area contributed by atoms with Gasteiger partial charge in [-0.1, -0.05) is 24.6 Å². The van der Waals surface area contributed by atoms with E-state index in [-0.39, 0.29) is 0 Å². The highest BCUT2D eigenvalue weighted by atomic mass is 35.5. The van der Waals surface area contributed by atoms with E-state index in [0.29, 0.717) is 11.7 Å². The third-order valence-electron chi connectivity index (χ3n) is 2.41. The van der Waals surface area contributed by atoms with Crippen molar-refractivity contribution in [2.45, 2.75) is 26.3 Å². The molecule has 0 aliphatic carbocycles. The van der Waals surface area contributed by atoms with Gasteiger partial charge >= 0.3 is 0 Å². The van der Waals surface area contributed by atoms with E-state index in [9.17, 15) is 0 Å². The summed E-state index contributed by atoms with van der Waals surface area (Å²) in [5.74, 6) is 1.53. The van der Waals surface area contributed by atoms with Gasteiger partial charge in [-0.3, -0.25) is 4.98 Å². The van der Waals surface area contributed by atoms with Crippen molar-refractivity contribution in [3.8, 4) is 0 Å². The van der Waals surface area contributed by atoms with Crippen molar-refractivity contribution < 1.29 is 0 Å². The fourth-order valence-corrected chi connectivity index (χ4v) is 1.79. The minimum Gasteiger partial charge on any atom is -0.366 e. The predicted octanol–water partition coefficient (Wildman–Crippen LogP) is 3.09. The molecule has 0 aliphatic heterocycles. The zero-order valence-electron chi connectivity index (χ0n) is 10.2. The molecule has 4 nitrogen and oxygen atoms in total. The molecule has 0 bridgehead atoms. The number of hydrogen-bond donors (Lipinski definition) is 1. The molecule has 0 amide bonds. The predicted molar refractivity (Wildman–Crippen MR) is 72.6 cm³/mol. The Bertz CT molecular complexity index is 502. The zero-order valence-corrected chi connectivity index (χ0v) is 11.0. The molecule has 2 rings (SSSR count). The van der Waals surface area contributed by atoms with Crippen LogP contribution in [0, 0.1) is 0 Å². The van der Waals surface area contributed by atoms with Crippen LogP contribution in [0.25, 0.3) is 0 Å². The normalized spacial score (nSPS) is 10.3. The molecule has 18 heavy (non-hydrogen) atoms. The number of aromatic nitrogens is 3. The van der Waals surface area contributed by atoms with Gasteiger partial charge in [-0.05, 0) is 18.1 Å². The first-order valence-electron chi connectivity index (χ1n) is 5.94. The van der Waals surface area contributed by atoms with Gasteiger partial charge in [0.15, 0.2) is 0 Å². The smallest absolute Gasteiger partial charge is 0.134 e. The van der Waals surface area contributed by atoms with Crippen LogP contribution in [0.1, 0.15) is 24.7 Å². The lowest BCUT2D eigenvalue weighted by Gasteiger charge is -2.07. The van der Waals surface area contributed by atoms with Gasteiger partial charge in [0.2, 0.25) is 0 Å². The largest absolute Gasteiger partial charge is 0.366 e. The lowest BCUT2D eigenvalue weighted by Crippen LogP contribution is -2.04. The van der Waals surface area contributed by atoms with E-state index in [4.69, 9.17) is 11.6 Å². The van der Waals surface area contributed by atoms with E-state index in [2.05, 4.69) is 27.2 Å². The number of hydrogen-bond acceptors (Lipinski definition) is 4. The van der Waals surface area contributed by atoms with E-state index in [0.717, 1.165) is 30.0 Å². The summed E-state index contributed by atoms with van der Waals surface area (Å²) in [6, 6.07) is 5.65. The Morgan fingerprint density at radius 2 is 2.22 bits per heavy atom. The molecule has 5 heteroatoms. The SMILES string of the molecule is CCCc1nc(Cl)cc(NCc2cccnc2)n1. The third kappa shape index (κ3) is 3.67. The zero-order chi connectivity index (χ0) is 12.8. The van der Waals surface area contributed by atoms with Crippen molar-refractivity contribution in [2.75, 3.05) is 5.32 Å². The second-order valence-electron chi connectivity index (χ2n) is 3.96. The van der Waals surface area contributed by atoms with Gasteiger partial charge in [-0.15, -0.1) is 0 Å². The van der Waals surface area contributed by atoms with Gasteiger partial charge in [-0.25, -0.2) is 9.97 Å². The van der Waals surface area contributed by atoms with E-state index in [1.54, 1.807) is 12.3 Å². The lowest BCUT2D eigenvalue weighted by atomic mass is 10.3. The maximum Gasteiger partial charge on any atom is 0.134 e. The molecule has 0 aliphatic rings. The first-order valence-corrected chi connectivity index (χ1v) is 6.32. The molecule has 0 spiro atoms. The first kappa shape index (κ1) is 12.8. The molecule has 0 saturated heterocycles. The van der Waals surface area contributed by atoms with Crippen LogP contribution in [0.5, 0.6) is 0 Å². The Labute approximate surface area is 111 Å². The number of rotatable bonds is 5. The van der Waals surface area contributed by atoms with Crippen molar-refractivity contribution in [3.05, 3.63) is 47.1 Å². The van der Waals surface area contributed by atoms with E-state index in [1.807, 2.05) is 18.3 Å². The highest BCUT2D eigenvalue weighted by Gasteiger charge is 2.02. The molecule has 1 N–H and O–H groups in total. The maximum absolute atomic E-state index is 5.96. The molecule has 0 saturated carbocycles. The van der Waals surface area contributed by atoms with Gasteiger partial charge in [0.05, 0.1) is 0 Å². The summed E-state index contributed by atoms with van der Waals surface area (Å²) in [7, 11) is 0. The van der Waals surface area contributed by atoms with Gasteiger partial charge < -0.3 is 5.32 Å². The Balaban J connectivity index is 2.05. The molecule has 2 aromatic rings. The maximum atomic E-state index is 5.96. The van der Waals surface area contributed by atoms with Crippen molar-refractivity contribution in [2.24, 2.45) is 0 Å². The summed E-state index contributed by atoms with van der Waals surface area (Å²) in [5, 5.41) is 3.70. The van der Waals surface area contributed by atoms with Gasteiger partial charge in [-0.2, -0.15) is 0 Å². The minimum atomic E-state index is 0.474. The van der Waals surface area contributed by atoms with Crippen LogP contribution in [0.4, 0.5) is 5.82 Å². The highest BCUT2D eigenvalue weighted by Crippen LogP contribution is 2.13. The summed E-state index contributed by atoms with van der Waals surface area (Å²) in [6.07, 6.45) is 5.41. The molecule has 0 unspecified atom stereocenters. The molecule has 2 heterocycles. The Hall–Kier alpha value is -1.68. The van der Waals surface area contributed by atoms with Crippen molar-refractivity contribution in [1.29, 1.82) is 0 Å². The van der Waals surface area contributed by atoms with Gasteiger partial charge in [0.25, 0.3) is 0 Å². The van der Waals surface area contributed by atoms with Crippen LogP contribution in [0.15, 0.2) is 30.6 Å². The van der Waals surface area contributed by atoms with Crippen LogP contribution in [-0.4, -0.2) is 15.0 Å². The van der Waals surface area contributed by atoms with Crippen LogP contribution in [0.2, 0.25) is 5.15 Å². The summed E-state index contributed by atoms with van der Waals surface area (Å²) in [6.45, 7) is 2.76. The van der Waals surface area contributed by atoms with Gasteiger partial charge in [0.1, 0.15) is 16.8 Å². The topological polar surface area (TPSA) is 50.7 Å². The fraction of sp³-hybridized carbons (Fsp3) is 0.308. The third-order valence-corrected chi connectivity index (χ3v) is 2.60. The molecule has 0 aromatic carbocycles. The molecular weight excluding hydrogens is 248 g/mol. The lowest BCUT2D eigenvalue weighted by molar-refractivity contribution is 0.834. The molecule has 2 aromatic heterocycles. The van der Waals surface area contributed by atoms with Crippen molar-refractivity contribution in [3.63, 3.8) is 0 Å². The second kappa shape index (κ2) is 6.31. The Morgan fingerprint density at radius 1 is 1.33 bits per heavy atom.